The molecule has 4 heteroatoms. The van der Waals surface area contributed by atoms with Gasteiger partial charge in [0.1, 0.15) is 0 Å². The third kappa shape index (κ3) is 16.9. The Morgan fingerprint density at radius 3 is 1.96 bits per heavy atom. The van der Waals surface area contributed by atoms with E-state index in [9.17, 15) is 4.79 Å². The van der Waals surface area contributed by atoms with E-state index >= 15 is 0 Å². The van der Waals surface area contributed by atoms with Gasteiger partial charge in [-0.3, -0.25) is 4.79 Å². The number of nitrogens with two attached hydrogens (primary N) is 1. The van der Waals surface area contributed by atoms with E-state index in [2.05, 4.69) is 42.0 Å². The van der Waals surface area contributed by atoms with Crippen LogP contribution in [-0.2, 0) is 4.79 Å². The second kappa shape index (κ2) is 17.1. The fraction of sp³-hybridized carbons (Fsp3) is 0.737. The molecule has 0 radical (unpaired) electrons. The van der Waals surface area contributed by atoms with Gasteiger partial charge in [0.25, 0.3) is 0 Å². The fourth-order valence-electron chi connectivity index (χ4n) is 2.48. The average Bonchev–Trinajstić information content (AvgIpc) is 2.58. The van der Waals surface area contributed by atoms with Crippen molar-refractivity contribution in [1.82, 2.24) is 4.90 Å². The van der Waals surface area contributed by atoms with Crippen LogP contribution in [-0.4, -0.2) is 35.6 Å². The Morgan fingerprint density at radius 1 is 1.00 bits per heavy atom. The number of aliphatic carboxylic acids is 1. The van der Waals surface area contributed by atoms with Gasteiger partial charge in [-0.1, -0.05) is 76.9 Å². The van der Waals surface area contributed by atoms with Gasteiger partial charge in [-0.2, -0.15) is 0 Å². The van der Waals surface area contributed by atoms with Gasteiger partial charge in [-0.25, -0.2) is 0 Å². The van der Waals surface area contributed by atoms with Gasteiger partial charge in [0.2, 0.25) is 0 Å². The monoisotopic (exact) mass is 324 g/mol. The van der Waals surface area contributed by atoms with Crippen LogP contribution in [0.15, 0.2) is 24.4 Å². The van der Waals surface area contributed by atoms with E-state index < -0.39 is 5.97 Å². The van der Waals surface area contributed by atoms with E-state index in [0.29, 0.717) is 0 Å². The SMILES string of the molecule is CCCCCCCCCCCCN1C=CC=CC1.NCC(=O)O. The van der Waals surface area contributed by atoms with Gasteiger partial charge in [-0.05, 0) is 18.7 Å². The molecule has 1 aliphatic heterocycles. The molecule has 0 fully saturated rings. The van der Waals surface area contributed by atoms with Gasteiger partial charge in [-0.15, -0.1) is 0 Å². The molecule has 1 rings (SSSR count). The summed E-state index contributed by atoms with van der Waals surface area (Å²) < 4.78 is 0. The fourth-order valence-corrected chi connectivity index (χ4v) is 2.48. The zero-order valence-electron chi connectivity index (χ0n) is 14.9. The van der Waals surface area contributed by atoms with Crippen LogP contribution in [0.3, 0.4) is 0 Å². The van der Waals surface area contributed by atoms with Crippen molar-refractivity contribution < 1.29 is 9.90 Å². The van der Waals surface area contributed by atoms with Crippen LogP contribution in [0.25, 0.3) is 0 Å². The maximum absolute atomic E-state index is 9.24. The molecular formula is C19H36N2O2. The van der Waals surface area contributed by atoms with Crippen LogP contribution in [0, 0.1) is 0 Å². The lowest BCUT2D eigenvalue weighted by molar-refractivity contribution is -0.135. The van der Waals surface area contributed by atoms with Crippen molar-refractivity contribution in [2.24, 2.45) is 5.73 Å². The van der Waals surface area contributed by atoms with Crippen LogP contribution in [0.1, 0.15) is 71.1 Å². The molecule has 0 amide bonds. The first-order valence-corrected chi connectivity index (χ1v) is 9.20. The van der Waals surface area contributed by atoms with Crippen molar-refractivity contribution in [3.05, 3.63) is 24.4 Å². The van der Waals surface area contributed by atoms with Crippen LogP contribution in [0.4, 0.5) is 0 Å². The maximum Gasteiger partial charge on any atom is 0.317 e. The highest BCUT2D eigenvalue weighted by Crippen LogP contribution is 2.11. The zero-order valence-corrected chi connectivity index (χ0v) is 14.9. The second-order valence-corrected chi connectivity index (χ2v) is 6.04. The van der Waals surface area contributed by atoms with E-state index in [1.807, 2.05) is 0 Å². The van der Waals surface area contributed by atoms with Crippen molar-refractivity contribution in [1.29, 1.82) is 0 Å². The highest BCUT2D eigenvalue weighted by atomic mass is 16.4. The molecule has 1 heterocycles. The lowest BCUT2D eigenvalue weighted by Gasteiger charge is -2.20. The Kier molecular flexibility index (Phi) is 16.1. The second-order valence-electron chi connectivity index (χ2n) is 6.04. The Labute approximate surface area is 142 Å². The van der Waals surface area contributed by atoms with E-state index in [0.717, 1.165) is 6.54 Å². The summed E-state index contributed by atoms with van der Waals surface area (Å²) in [5, 5.41) is 7.60. The van der Waals surface area contributed by atoms with Crippen molar-refractivity contribution >= 4 is 5.97 Å². The molecule has 0 bridgehead atoms. The summed E-state index contributed by atoms with van der Waals surface area (Å²) >= 11 is 0. The molecule has 4 nitrogen and oxygen atoms in total. The van der Waals surface area contributed by atoms with Crippen LogP contribution in [0.5, 0.6) is 0 Å². The number of rotatable bonds is 12. The highest BCUT2D eigenvalue weighted by Gasteiger charge is 1.99. The zero-order chi connectivity index (χ0) is 17.2. The summed E-state index contributed by atoms with van der Waals surface area (Å²) in [6, 6.07) is 0. The van der Waals surface area contributed by atoms with Crippen molar-refractivity contribution in [3.8, 4) is 0 Å². The number of hydrogen-bond donors (Lipinski definition) is 2. The Morgan fingerprint density at radius 2 is 1.52 bits per heavy atom. The molecule has 0 saturated carbocycles. The molecular weight excluding hydrogens is 288 g/mol. The topological polar surface area (TPSA) is 66.6 Å². The quantitative estimate of drug-likeness (QED) is 0.525. The standard InChI is InChI=1S/C17H31N.C2H5NO2/c1-2-3-4-5-6-7-8-9-10-12-15-18-16-13-11-14-17-18;3-1-2(4)5/h11,13-14,16H,2-10,12,15,17H2,1H3;1,3H2,(H,4,5). The van der Waals surface area contributed by atoms with Gasteiger partial charge in [0, 0.05) is 13.1 Å². The number of hydrogen-bond acceptors (Lipinski definition) is 3. The summed E-state index contributed by atoms with van der Waals surface area (Å²) in [5.41, 5.74) is 4.57. The first kappa shape index (κ1) is 21.7. The molecule has 0 aromatic heterocycles. The highest BCUT2D eigenvalue weighted by molar-refractivity contribution is 5.68. The molecule has 0 aromatic rings. The minimum atomic E-state index is -0.968. The molecule has 0 spiro atoms. The number of nitrogens with zero attached hydrogens (tertiary/aromatic N) is 1. The predicted molar refractivity (Wildman–Crippen MR) is 98.4 cm³/mol. The predicted octanol–water partition coefficient (Wildman–Crippen LogP) is 4.32. The molecule has 0 unspecified atom stereocenters. The minimum Gasteiger partial charge on any atom is -0.480 e. The van der Waals surface area contributed by atoms with E-state index in [-0.39, 0.29) is 6.54 Å². The third-order valence-corrected chi connectivity index (χ3v) is 3.86. The molecule has 0 aromatic carbocycles. The summed E-state index contributed by atoms with van der Waals surface area (Å²) in [6.07, 6.45) is 23.0. The van der Waals surface area contributed by atoms with E-state index in [1.54, 1.807) is 0 Å². The van der Waals surface area contributed by atoms with Gasteiger partial charge in [0.15, 0.2) is 0 Å². The smallest absolute Gasteiger partial charge is 0.317 e. The normalized spacial score (nSPS) is 12.9. The summed E-state index contributed by atoms with van der Waals surface area (Å²) in [5.74, 6) is -0.968. The van der Waals surface area contributed by atoms with Crippen molar-refractivity contribution in [2.45, 2.75) is 71.1 Å². The Hall–Kier alpha value is -1.29. The van der Waals surface area contributed by atoms with Crippen molar-refractivity contribution in [2.75, 3.05) is 19.6 Å². The van der Waals surface area contributed by atoms with E-state index in [1.165, 1.54) is 70.8 Å². The van der Waals surface area contributed by atoms with Crippen LogP contribution in [0.2, 0.25) is 0 Å². The molecule has 1 aliphatic rings. The third-order valence-electron chi connectivity index (χ3n) is 3.86. The maximum atomic E-state index is 9.24. The molecule has 0 aliphatic carbocycles. The molecule has 3 N–H and O–H groups in total. The van der Waals surface area contributed by atoms with Gasteiger partial charge < -0.3 is 15.7 Å². The molecule has 134 valence electrons. The lowest BCUT2D eigenvalue weighted by Crippen LogP contribution is -2.19. The largest absolute Gasteiger partial charge is 0.480 e. The summed E-state index contributed by atoms with van der Waals surface area (Å²) in [4.78, 5) is 11.7. The van der Waals surface area contributed by atoms with Gasteiger partial charge >= 0.3 is 5.97 Å². The lowest BCUT2D eigenvalue weighted by atomic mass is 10.1. The number of carboxylic acids is 1. The molecule has 0 atom stereocenters. The minimum absolute atomic E-state index is 0.278. The Balaban J connectivity index is 0.000000841. The summed E-state index contributed by atoms with van der Waals surface area (Å²) in [6.45, 7) is 4.35. The number of allylic oxidation sites excluding steroid dienone is 2. The molecule has 23 heavy (non-hydrogen) atoms. The summed E-state index contributed by atoms with van der Waals surface area (Å²) in [7, 11) is 0. The van der Waals surface area contributed by atoms with E-state index in [4.69, 9.17) is 5.11 Å². The number of unbranched alkanes of at least 4 members (excludes halogenated alkanes) is 9. The average molecular weight is 325 g/mol. The first-order chi connectivity index (χ1) is 11.2. The van der Waals surface area contributed by atoms with Crippen LogP contribution < -0.4 is 5.73 Å². The van der Waals surface area contributed by atoms with Gasteiger partial charge in [0.05, 0.1) is 6.54 Å². The first-order valence-electron chi connectivity index (χ1n) is 9.20. The molecule has 0 saturated heterocycles. The van der Waals surface area contributed by atoms with Crippen molar-refractivity contribution in [3.63, 3.8) is 0 Å². The number of carboxylic acid groups (broad SMARTS) is 1. The number of carbonyl (C=O) groups is 1. The Bertz CT molecular complexity index is 327. The van der Waals surface area contributed by atoms with Crippen LogP contribution >= 0.6 is 0 Å².